The van der Waals surface area contributed by atoms with Gasteiger partial charge in [-0.2, -0.15) is 0 Å². The predicted octanol–water partition coefficient (Wildman–Crippen LogP) is 4.00. The number of benzene rings is 1. The van der Waals surface area contributed by atoms with E-state index in [1.54, 1.807) is 4.57 Å². The number of rotatable bonds is 7. The molecule has 0 radical (unpaired) electrons. The highest BCUT2D eigenvalue weighted by Gasteiger charge is 2.20. The minimum Gasteiger partial charge on any atom is -0.350 e. The summed E-state index contributed by atoms with van der Waals surface area (Å²) >= 11 is 1.45. The Balaban J connectivity index is 2.13. The average Bonchev–Trinajstić information content (AvgIpc) is 3.13. The van der Waals surface area contributed by atoms with Crippen LogP contribution in [0.5, 0.6) is 0 Å². The van der Waals surface area contributed by atoms with E-state index in [4.69, 9.17) is 0 Å². The van der Waals surface area contributed by atoms with Crippen LogP contribution in [0.3, 0.4) is 0 Å². The summed E-state index contributed by atoms with van der Waals surface area (Å²) in [6, 6.07) is 11.6. The maximum atomic E-state index is 13.2. The smallest absolute Gasteiger partial charge is 0.332 e. The molecule has 30 heavy (non-hydrogen) atoms. The van der Waals surface area contributed by atoms with E-state index in [1.807, 2.05) is 57.2 Å². The highest BCUT2D eigenvalue weighted by molar-refractivity contribution is 7.21. The van der Waals surface area contributed by atoms with Crippen LogP contribution in [0.25, 0.3) is 20.7 Å². The van der Waals surface area contributed by atoms with E-state index in [9.17, 15) is 14.4 Å². The number of fused-ring (bicyclic) bond motifs is 1. The number of carbonyl (C=O) groups excluding carboxylic acids is 1. The third-order valence-electron chi connectivity index (χ3n) is 4.75. The number of carbonyl (C=O) groups is 1. The van der Waals surface area contributed by atoms with Crippen LogP contribution < -0.4 is 16.6 Å². The second-order valence-electron chi connectivity index (χ2n) is 8.53. The van der Waals surface area contributed by atoms with E-state index in [1.165, 1.54) is 11.3 Å². The Morgan fingerprint density at radius 1 is 1.07 bits per heavy atom. The third-order valence-corrected chi connectivity index (χ3v) is 5.96. The molecule has 3 rings (SSSR count). The van der Waals surface area contributed by atoms with Crippen LogP contribution in [0.15, 0.2) is 46.0 Å². The fourth-order valence-corrected chi connectivity index (χ4v) is 4.58. The second-order valence-corrected chi connectivity index (χ2v) is 9.56. The first-order chi connectivity index (χ1) is 14.2. The lowest BCUT2D eigenvalue weighted by Crippen LogP contribution is -2.47. The standard InChI is InChI=1S/C23H29N3O3S/c1-5-6-10-13-25-21-17(14-18(30-21)16-11-8-7-9-12-16)20(28)26(22(25)29)15-19(27)24-23(2,3)4/h7-9,11-12,14H,5-6,10,13,15H2,1-4H3,(H,24,27). The van der Waals surface area contributed by atoms with Gasteiger partial charge in [-0.15, -0.1) is 11.3 Å². The van der Waals surface area contributed by atoms with Crippen molar-refractivity contribution in [3.63, 3.8) is 0 Å². The van der Waals surface area contributed by atoms with Crippen LogP contribution >= 0.6 is 11.3 Å². The van der Waals surface area contributed by atoms with Crippen molar-refractivity contribution < 1.29 is 4.79 Å². The van der Waals surface area contributed by atoms with Crippen molar-refractivity contribution in [2.24, 2.45) is 0 Å². The van der Waals surface area contributed by atoms with Gasteiger partial charge in [-0.3, -0.25) is 18.7 Å². The van der Waals surface area contributed by atoms with Gasteiger partial charge in [0.15, 0.2) is 0 Å². The van der Waals surface area contributed by atoms with Gasteiger partial charge < -0.3 is 5.32 Å². The van der Waals surface area contributed by atoms with Crippen molar-refractivity contribution in [3.05, 3.63) is 57.2 Å². The number of unbranched alkanes of at least 4 members (excludes halogenated alkanes) is 2. The first kappa shape index (κ1) is 22.0. The normalized spacial score (nSPS) is 11.7. The highest BCUT2D eigenvalue weighted by atomic mass is 32.1. The molecule has 1 N–H and O–H groups in total. The average molecular weight is 428 g/mol. The molecule has 0 aliphatic heterocycles. The van der Waals surface area contributed by atoms with E-state index in [2.05, 4.69) is 12.2 Å². The number of nitrogens with zero attached hydrogens (tertiary/aromatic N) is 2. The SMILES string of the molecule is CCCCCn1c(=O)n(CC(=O)NC(C)(C)C)c(=O)c2cc(-c3ccccc3)sc21. The lowest BCUT2D eigenvalue weighted by Gasteiger charge is -2.21. The zero-order valence-corrected chi connectivity index (χ0v) is 18.8. The lowest BCUT2D eigenvalue weighted by molar-refractivity contribution is -0.123. The molecular formula is C23H29N3O3S. The summed E-state index contributed by atoms with van der Waals surface area (Å²) in [4.78, 5) is 40.4. The number of aryl methyl sites for hydroxylation is 1. The fourth-order valence-electron chi connectivity index (χ4n) is 3.40. The summed E-state index contributed by atoms with van der Waals surface area (Å²) in [6.45, 7) is 7.95. The number of aromatic nitrogens is 2. The molecule has 0 aliphatic rings. The molecule has 3 aromatic rings. The number of amides is 1. The highest BCUT2D eigenvalue weighted by Crippen LogP contribution is 2.31. The molecule has 0 saturated heterocycles. The maximum absolute atomic E-state index is 13.2. The largest absolute Gasteiger partial charge is 0.350 e. The Morgan fingerprint density at radius 2 is 1.77 bits per heavy atom. The molecule has 7 heteroatoms. The van der Waals surface area contributed by atoms with Crippen molar-refractivity contribution in [2.75, 3.05) is 0 Å². The first-order valence-corrected chi connectivity index (χ1v) is 11.2. The molecule has 0 spiro atoms. The molecule has 0 aliphatic carbocycles. The van der Waals surface area contributed by atoms with Crippen molar-refractivity contribution >= 4 is 27.5 Å². The number of hydrogen-bond acceptors (Lipinski definition) is 4. The number of hydrogen-bond donors (Lipinski definition) is 1. The van der Waals surface area contributed by atoms with Gasteiger partial charge in [0.25, 0.3) is 5.56 Å². The summed E-state index contributed by atoms with van der Waals surface area (Å²) in [5, 5.41) is 3.31. The summed E-state index contributed by atoms with van der Waals surface area (Å²) in [5.41, 5.74) is -0.269. The molecule has 160 valence electrons. The Hall–Kier alpha value is -2.67. The minimum absolute atomic E-state index is 0.283. The van der Waals surface area contributed by atoms with Gasteiger partial charge in [-0.05, 0) is 38.8 Å². The van der Waals surface area contributed by atoms with Gasteiger partial charge in [-0.25, -0.2) is 4.79 Å². The quantitative estimate of drug-likeness (QED) is 0.579. The fraction of sp³-hybridized carbons (Fsp3) is 0.435. The van der Waals surface area contributed by atoms with E-state index in [-0.39, 0.29) is 12.5 Å². The Labute approximate surface area is 180 Å². The second kappa shape index (κ2) is 9.00. The van der Waals surface area contributed by atoms with Crippen LogP contribution in [-0.2, 0) is 17.9 Å². The van der Waals surface area contributed by atoms with Crippen LogP contribution in [0.4, 0.5) is 0 Å². The van der Waals surface area contributed by atoms with Crippen molar-refractivity contribution in [3.8, 4) is 10.4 Å². The molecule has 1 aromatic carbocycles. The molecule has 0 saturated carbocycles. The molecule has 2 aromatic heterocycles. The van der Waals surface area contributed by atoms with Gasteiger partial charge >= 0.3 is 5.69 Å². The molecule has 6 nitrogen and oxygen atoms in total. The van der Waals surface area contributed by atoms with Gasteiger partial charge in [0.05, 0.1) is 5.39 Å². The Bertz CT molecular complexity index is 1150. The summed E-state index contributed by atoms with van der Waals surface area (Å²) < 4.78 is 2.73. The summed E-state index contributed by atoms with van der Waals surface area (Å²) in [6.07, 6.45) is 2.87. The van der Waals surface area contributed by atoms with E-state index in [0.29, 0.717) is 16.8 Å². The molecule has 0 bridgehead atoms. The van der Waals surface area contributed by atoms with Crippen LogP contribution in [0, 0.1) is 0 Å². The van der Waals surface area contributed by atoms with Gasteiger partial charge in [-0.1, -0.05) is 50.1 Å². The zero-order chi connectivity index (χ0) is 21.9. The first-order valence-electron chi connectivity index (χ1n) is 10.3. The third kappa shape index (κ3) is 4.90. The van der Waals surface area contributed by atoms with Gasteiger partial charge in [0.2, 0.25) is 5.91 Å². The number of nitrogens with one attached hydrogen (secondary N) is 1. The van der Waals surface area contributed by atoms with Gasteiger partial charge in [0, 0.05) is 17.0 Å². The molecule has 0 atom stereocenters. The number of thiophene rings is 1. The maximum Gasteiger partial charge on any atom is 0.332 e. The van der Waals surface area contributed by atoms with Crippen molar-refractivity contribution in [1.29, 1.82) is 0 Å². The minimum atomic E-state index is -0.437. The van der Waals surface area contributed by atoms with Crippen LogP contribution in [0.1, 0.15) is 47.0 Å². The Morgan fingerprint density at radius 3 is 2.40 bits per heavy atom. The van der Waals surface area contributed by atoms with E-state index < -0.39 is 16.8 Å². The lowest BCUT2D eigenvalue weighted by atomic mass is 10.1. The van der Waals surface area contributed by atoms with Gasteiger partial charge in [0.1, 0.15) is 11.4 Å². The van der Waals surface area contributed by atoms with Crippen LogP contribution in [0.2, 0.25) is 0 Å². The van der Waals surface area contributed by atoms with E-state index in [0.717, 1.165) is 34.3 Å². The summed E-state index contributed by atoms with van der Waals surface area (Å²) in [7, 11) is 0. The topological polar surface area (TPSA) is 73.1 Å². The van der Waals surface area contributed by atoms with Crippen molar-refractivity contribution in [1.82, 2.24) is 14.5 Å². The molecule has 1 amide bonds. The molecule has 0 fully saturated rings. The van der Waals surface area contributed by atoms with Crippen molar-refractivity contribution in [2.45, 2.75) is 65.6 Å². The monoisotopic (exact) mass is 427 g/mol. The van der Waals surface area contributed by atoms with Crippen LogP contribution in [-0.4, -0.2) is 20.6 Å². The Kier molecular flexibility index (Phi) is 6.61. The van der Waals surface area contributed by atoms with E-state index >= 15 is 0 Å². The molecule has 0 unspecified atom stereocenters. The predicted molar refractivity (Wildman–Crippen MR) is 123 cm³/mol. The summed E-state index contributed by atoms with van der Waals surface area (Å²) in [5.74, 6) is -0.348. The zero-order valence-electron chi connectivity index (χ0n) is 18.0. The molecular weight excluding hydrogens is 398 g/mol. The molecule has 2 heterocycles.